The van der Waals surface area contributed by atoms with E-state index >= 15 is 0 Å². The summed E-state index contributed by atoms with van der Waals surface area (Å²) in [6, 6.07) is 7.82. The van der Waals surface area contributed by atoms with Crippen LogP contribution in [0.4, 0.5) is 9.59 Å². The smallest absolute Gasteiger partial charge is 0.426 e. The van der Waals surface area contributed by atoms with Gasteiger partial charge in [-0.2, -0.15) is 0 Å². The molecular formula is C18H18O8. The summed E-state index contributed by atoms with van der Waals surface area (Å²) in [5, 5.41) is 0. The lowest BCUT2D eigenvalue weighted by atomic mass is 10.1. The predicted octanol–water partition coefficient (Wildman–Crippen LogP) is 2.82. The molecule has 2 fully saturated rings. The van der Waals surface area contributed by atoms with Crippen molar-refractivity contribution in [1.82, 2.24) is 0 Å². The Hall–Kier alpha value is -2.84. The summed E-state index contributed by atoms with van der Waals surface area (Å²) in [6.45, 7) is 1.86. The van der Waals surface area contributed by atoms with Gasteiger partial charge in [-0.05, 0) is 23.3 Å². The van der Waals surface area contributed by atoms with Crippen molar-refractivity contribution in [1.29, 1.82) is 0 Å². The maximum Gasteiger partial charge on any atom is 0.514 e. The van der Waals surface area contributed by atoms with Crippen LogP contribution >= 0.6 is 0 Å². The van der Waals surface area contributed by atoms with E-state index in [4.69, 9.17) is 18.9 Å². The van der Waals surface area contributed by atoms with Crippen molar-refractivity contribution in [3.63, 3.8) is 0 Å². The minimum absolute atomic E-state index is 0.156. The molecule has 138 valence electrons. The first kappa shape index (κ1) is 18.0. The molecule has 2 saturated heterocycles. The molecule has 0 N–H and O–H groups in total. The normalized spacial score (nSPS) is 19.4. The van der Waals surface area contributed by atoms with Crippen LogP contribution in [0.25, 0.3) is 0 Å². The zero-order chi connectivity index (χ0) is 18.2. The Morgan fingerprint density at radius 3 is 1.54 bits per heavy atom. The first-order valence-corrected chi connectivity index (χ1v) is 7.99. The number of carbonyl (C=O) groups is 2. The molecule has 1 aromatic rings. The quantitative estimate of drug-likeness (QED) is 0.515. The van der Waals surface area contributed by atoms with Gasteiger partial charge in [0.15, 0.2) is 13.2 Å². The van der Waals surface area contributed by atoms with Crippen molar-refractivity contribution in [3.05, 3.63) is 59.1 Å². The van der Waals surface area contributed by atoms with Crippen LogP contribution in [0.5, 0.6) is 0 Å². The van der Waals surface area contributed by atoms with Gasteiger partial charge in [-0.25, -0.2) is 9.59 Å². The van der Waals surface area contributed by atoms with Crippen LogP contribution in [0.2, 0.25) is 0 Å². The van der Waals surface area contributed by atoms with E-state index in [1.165, 1.54) is 0 Å². The molecule has 1 aromatic carbocycles. The van der Waals surface area contributed by atoms with Crippen molar-refractivity contribution in [3.8, 4) is 0 Å². The number of ether oxygens (including phenoxy) is 6. The molecule has 0 aromatic heterocycles. The maximum absolute atomic E-state index is 10.7. The molecule has 3 rings (SSSR count). The van der Waals surface area contributed by atoms with Gasteiger partial charge in [0.2, 0.25) is 0 Å². The molecule has 2 aliphatic heterocycles. The third-order valence-electron chi connectivity index (χ3n) is 3.51. The summed E-state index contributed by atoms with van der Waals surface area (Å²) < 4.78 is 29.9. The van der Waals surface area contributed by atoms with E-state index in [2.05, 4.69) is 9.47 Å². The van der Waals surface area contributed by atoms with Gasteiger partial charge < -0.3 is 28.4 Å². The topological polar surface area (TPSA) is 89.5 Å². The molecule has 0 radical (unpaired) electrons. The Morgan fingerprint density at radius 1 is 0.769 bits per heavy atom. The van der Waals surface area contributed by atoms with Crippen LogP contribution in [0.1, 0.15) is 11.1 Å². The van der Waals surface area contributed by atoms with Gasteiger partial charge >= 0.3 is 12.3 Å². The predicted molar refractivity (Wildman–Crippen MR) is 86.8 cm³/mol. The lowest BCUT2D eigenvalue weighted by molar-refractivity contribution is 0.133. The van der Waals surface area contributed by atoms with Gasteiger partial charge in [0, 0.05) is 0 Å². The van der Waals surface area contributed by atoms with Crippen molar-refractivity contribution in [2.24, 2.45) is 0 Å². The van der Waals surface area contributed by atoms with Crippen LogP contribution in [0, 0.1) is 0 Å². The molecule has 0 atom stereocenters. The lowest BCUT2D eigenvalue weighted by Gasteiger charge is -2.05. The average Bonchev–Trinajstić information content (AvgIpc) is 3.25. The van der Waals surface area contributed by atoms with Crippen LogP contribution < -0.4 is 0 Å². The van der Waals surface area contributed by atoms with E-state index in [0.717, 1.165) is 11.1 Å². The zero-order valence-corrected chi connectivity index (χ0v) is 14.0. The fourth-order valence-electron chi connectivity index (χ4n) is 2.18. The molecule has 26 heavy (non-hydrogen) atoms. The first-order valence-electron chi connectivity index (χ1n) is 7.99. The Bertz CT molecular complexity index is 643. The molecule has 0 spiro atoms. The lowest BCUT2D eigenvalue weighted by Crippen LogP contribution is -1.97. The van der Waals surface area contributed by atoms with Gasteiger partial charge in [-0.1, -0.05) is 24.3 Å². The third-order valence-corrected chi connectivity index (χ3v) is 3.51. The minimum Gasteiger partial charge on any atom is -0.426 e. The molecule has 0 saturated carbocycles. The van der Waals surface area contributed by atoms with Gasteiger partial charge in [0.1, 0.15) is 11.5 Å². The van der Waals surface area contributed by atoms with Crippen molar-refractivity contribution in [2.75, 3.05) is 26.4 Å². The fourth-order valence-corrected chi connectivity index (χ4v) is 2.18. The van der Waals surface area contributed by atoms with E-state index in [-0.39, 0.29) is 13.2 Å². The van der Waals surface area contributed by atoms with Crippen LogP contribution in [0.3, 0.4) is 0 Å². The van der Waals surface area contributed by atoms with E-state index in [1.54, 1.807) is 12.2 Å². The molecule has 2 heterocycles. The summed E-state index contributed by atoms with van der Waals surface area (Å²) >= 11 is 0. The van der Waals surface area contributed by atoms with Gasteiger partial charge in [-0.15, -0.1) is 0 Å². The summed E-state index contributed by atoms with van der Waals surface area (Å²) in [4.78, 5) is 21.5. The number of carbonyl (C=O) groups excluding carboxylic acids is 2. The molecule has 8 nitrogen and oxygen atoms in total. The number of benzene rings is 1. The molecule has 2 aliphatic rings. The molecule has 0 aliphatic carbocycles. The van der Waals surface area contributed by atoms with E-state index in [9.17, 15) is 9.59 Å². The third kappa shape index (κ3) is 5.61. The maximum atomic E-state index is 10.7. The van der Waals surface area contributed by atoms with Gasteiger partial charge in [-0.3, -0.25) is 0 Å². The summed E-state index contributed by atoms with van der Waals surface area (Å²) in [5.74, 6) is 0.938. The molecule has 0 amide bonds. The highest BCUT2D eigenvalue weighted by Crippen LogP contribution is 2.12. The number of hydrogen-bond donors (Lipinski definition) is 0. The molecule has 0 bridgehead atoms. The minimum atomic E-state index is -0.678. The van der Waals surface area contributed by atoms with Crippen LogP contribution in [-0.4, -0.2) is 38.7 Å². The second-order valence-electron chi connectivity index (χ2n) is 5.47. The Labute approximate surface area is 149 Å². The second-order valence-corrected chi connectivity index (χ2v) is 5.47. The highest BCUT2D eigenvalue weighted by atomic mass is 16.8. The van der Waals surface area contributed by atoms with Gasteiger partial charge in [0.25, 0.3) is 0 Å². The fraction of sp³-hybridized carbons (Fsp3) is 0.333. The molecule has 8 heteroatoms. The molecular weight excluding hydrogens is 344 g/mol. The van der Waals surface area contributed by atoms with E-state index in [1.807, 2.05) is 24.3 Å². The van der Waals surface area contributed by atoms with E-state index < -0.39 is 12.3 Å². The first-order chi connectivity index (χ1) is 12.7. The van der Waals surface area contributed by atoms with E-state index in [0.29, 0.717) is 37.9 Å². The summed E-state index contributed by atoms with van der Waals surface area (Å²) in [7, 11) is 0. The Morgan fingerprint density at radius 2 is 1.19 bits per heavy atom. The SMILES string of the molecule is O=C1OC/C(=C/COCc2ccc(COC/C=C3/COC(=O)O3)cc2)O1. The number of cyclic esters (lactones) is 4. The van der Waals surface area contributed by atoms with Crippen molar-refractivity contribution >= 4 is 12.3 Å². The summed E-state index contributed by atoms with van der Waals surface area (Å²) in [5.41, 5.74) is 2.04. The van der Waals surface area contributed by atoms with Crippen LogP contribution in [0.15, 0.2) is 47.9 Å². The zero-order valence-electron chi connectivity index (χ0n) is 14.0. The molecule has 0 unspecified atom stereocenters. The van der Waals surface area contributed by atoms with Crippen LogP contribution in [-0.2, 0) is 41.6 Å². The standard InChI is InChI=1S/C18H18O8/c19-17-23-11-15(25-17)5-7-21-9-13-1-2-14(4-3-13)10-22-8-6-16-12-24-18(20)26-16/h1-6H,7-12H2/b15-5-,16-6-. The second kappa shape index (κ2) is 9.02. The summed E-state index contributed by atoms with van der Waals surface area (Å²) in [6.07, 6.45) is 1.99. The highest BCUT2D eigenvalue weighted by Gasteiger charge is 2.18. The largest absolute Gasteiger partial charge is 0.514 e. The Kier molecular flexibility index (Phi) is 6.24. The van der Waals surface area contributed by atoms with Gasteiger partial charge in [0.05, 0.1) is 26.4 Å². The average molecular weight is 362 g/mol. The number of hydrogen-bond acceptors (Lipinski definition) is 8. The Balaban J connectivity index is 1.33. The van der Waals surface area contributed by atoms with Crippen molar-refractivity contribution in [2.45, 2.75) is 13.2 Å². The monoisotopic (exact) mass is 362 g/mol. The highest BCUT2D eigenvalue weighted by molar-refractivity contribution is 5.64. The van der Waals surface area contributed by atoms with Crippen molar-refractivity contribution < 1.29 is 38.0 Å². The number of rotatable bonds is 8.